The number of rotatable bonds is 7. The molecule has 1 saturated carbocycles. The monoisotopic (exact) mass is 343 g/mol. The summed E-state index contributed by atoms with van der Waals surface area (Å²) in [4.78, 5) is 6.97. The van der Waals surface area contributed by atoms with Gasteiger partial charge in [0.05, 0.1) is 18.4 Å². The largest absolute Gasteiger partial charge is 0.486 e. The topological polar surface area (TPSA) is 48.6 Å². The summed E-state index contributed by atoms with van der Waals surface area (Å²) in [6.45, 7) is 7.49. The van der Waals surface area contributed by atoms with Gasteiger partial charge in [-0.25, -0.2) is 4.99 Å². The molecule has 4 nitrogen and oxygen atoms in total. The number of aliphatic imine (C=N–C) groups is 1. The Morgan fingerprint density at radius 3 is 2.76 bits per heavy atom. The molecule has 0 aromatic rings. The zero-order chi connectivity index (χ0) is 18.1. The smallest absolute Gasteiger partial charge is 0.173 e. The zero-order valence-corrected chi connectivity index (χ0v) is 16.2. The first-order valence-electron chi connectivity index (χ1n) is 9.79. The van der Waals surface area contributed by atoms with Crippen LogP contribution in [0.3, 0.4) is 0 Å². The highest BCUT2D eigenvalue weighted by atomic mass is 16.5. The van der Waals surface area contributed by atoms with Crippen LogP contribution in [-0.2, 0) is 4.74 Å². The lowest BCUT2D eigenvalue weighted by Gasteiger charge is -2.34. The minimum absolute atomic E-state index is 0.765. The van der Waals surface area contributed by atoms with Gasteiger partial charge < -0.3 is 4.74 Å². The number of methoxy groups -OCH3 is 1. The van der Waals surface area contributed by atoms with Gasteiger partial charge in [0, 0.05) is 19.6 Å². The summed E-state index contributed by atoms with van der Waals surface area (Å²) in [7, 11) is 1.59. The molecule has 138 valence electrons. The summed E-state index contributed by atoms with van der Waals surface area (Å²) < 4.78 is 4.99. The van der Waals surface area contributed by atoms with Gasteiger partial charge in [0.15, 0.2) is 6.40 Å². The Morgan fingerprint density at radius 2 is 2.12 bits per heavy atom. The number of nitrogens with zero attached hydrogens (tertiary/aromatic N) is 3. The second kappa shape index (κ2) is 10.4. The number of hydrogen-bond acceptors (Lipinski definition) is 4. The summed E-state index contributed by atoms with van der Waals surface area (Å²) >= 11 is 0. The van der Waals surface area contributed by atoms with E-state index in [2.05, 4.69) is 29.8 Å². The Balaban J connectivity index is 2.17. The van der Waals surface area contributed by atoms with Crippen molar-refractivity contribution in [3.8, 4) is 6.07 Å². The van der Waals surface area contributed by atoms with Crippen LogP contribution >= 0.6 is 0 Å². The Bertz CT molecular complexity index is 562. The summed E-state index contributed by atoms with van der Waals surface area (Å²) in [5, 5.41) is 9.82. The lowest BCUT2D eigenvalue weighted by atomic mass is 9.87. The molecule has 0 spiro atoms. The highest BCUT2D eigenvalue weighted by molar-refractivity contribution is 5.54. The molecule has 2 rings (SSSR count). The Labute approximate surface area is 153 Å². The van der Waals surface area contributed by atoms with Crippen LogP contribution in [-0.4, -0.2) is 38.0 Å². The van der Waals surface area contributed by atoms with Crippen LogP contribution < -0.4 is 0 Å². The molecule has 0 bridgehead atoms. The fourth-order valence-corrected chi connectivity index (χ4v) is 4.01. The van der Waals surface area contributed by atoms with E-state index in [0.717, 1.165) is 49.5 Å². The maximum absolute atomic E-state index is 9.82. The molecule has 0 aromatic heterocycles. The van der Waals surface area contributed by atoms with Crippen LogP contribution in [0.1, 0.15) is 65.2 Å². The molecule has 25 heavy (non-hydrogen) atoms. The van der Waals surface area contributed by atoms with Crippen LogP contribution in [0.5, 0.6) is 0 Å². The highest BCUT2D eigenvalue weighted by Gasteiger charge is 2.24. The van der Waals surface area contributed by atoms with Crippen LogP contribution in [0.2, 0.25) is 0 Å². The third kappa shape index (κ3) is 5.71. The van der Waals surface area contributed by atoms with E-state index in [1.807, 2.05) is 0 Å². The lowest BCUT2D eigenvalue weighted by Crippen LogP contribution is -2.36. The number of ether oxygens (including phenoxy) is 1. The standard InChI is InChI=1S/C21H33N3O/c1-4-8-21(23-16-25-3)19(13-22)20-15-24(12-11-17(20)2)14-18-9-6-5-7-10-18/h16,18H,4-12,14-15H2,1-3H3/b21-19+,23-16?. The van der Waals surface area contributed by atoms with Gasteiger partial charge in [-0.15, -0.1) is 0 Å². The first-order chi connectivity index (χ1) is 12.2. The molecule has 1 aliphatic carbocycles. The minimum atomic E-state index is 0.765. The van der Waals surface area contributed by atoms with Crippen molar-refractivity contribution in [2.45, 2.75) is 65.2 Å². The van der Waals surface area contributed by atoms with E-state index in [4.69, 9.17) is 4.74 Å². The molecular weight excluding hydrogens is 310 g/mol. The first kappa shape index (κ1) is 19.7. The summed E-state index contributed by atoms with van der Waals surface area (Å²) in [5.74, 6) is 0.838. The van der Waals surface area contributed by atoms with Crippen LogP contribution in [0.25, 0.3) is 0 Å². The molecule has 0 unspecified atom stereocenters. The maximum Gasteiger partial charge on any atom is 0.173 e. The molecule has 1 aliphatic heterocycles. The second-order valence-electron chi connectivity index (χ2n) is 7.40. The predicted molar refractivity (Wildman–Crippen MR) is 103 cm³/mol. The molecule has 0 aromatic carbocycles. The van der Waals surface area contributed by atoms with Gasteiger partial charge in [0.25, 0.3) is 0 Å². The van der Waals surface area contributed by atoms with Crippen LogP contribution in [0.4, 0.5) is 0 Å². The molecule has 1 fully saturated rings. The van der Waals surface area contributed by atoms with Crippen molar-refractivity contribution in [2.24, 2.45) is 10.9 Å². The Hall–Kier alpha value is -1.60. The van der Waals surface area contributed by atoms with E-state index in [1.54, 1.807) is 7.11 Å². The highest BCUT2D eigenvalue weighted by Crippen LogP contribution is 2.30. The molecule has 0 N–H and O–H groups in total. The molecule has 4 heteroatoms. The molecule has 1 heterocycles. The molecule has 2 aliphatic rings. The van der Waals surface area contributed by atoms with E-state index in [-0.39, 0.29) is 0 Å². The SMILES string of the molecule is CCC/C(N=COC)=C(/C#N)C1=C(C)CCN(CC2CCCCC2)C1. The van der Waals surface area contributed by atoms with Gasteiger partial charge in [0.2, 0.25) is 0 Å². The van der Waals surface area contributed by atoms with Crippen molar-refractivity contribution < 1.29 is 4.74 Å². The quantitative estimate of drug-likeness (QED) is 0.377. The average molecular weight is 344 g/mol. The van der Waals surface area contributed by atoms with Crippen molar-refractivity contribution in [2.75, 3.05) is 26.7 Å². The van der Waals surface area contributed by atoms with Crippen LogP contribution in [0.15, 0.2) is 27.4 Å². The van der Waals surface area contributed by atoms with Gasteiger partial charge in [-0.1, -0.05) is 38.2 Å². The summed E-state index contributed by atoms with van der Waals surface area (Å²) in [6.07, 6.45) is 11.2. The van der Waals surface area contributed by atoms with Crippen molar-refractivity contribution in [3.05, 3.63) is 22.4 Å². The van der Waals surface area contributed by atoms with Crippen molar-refractivity contribution >= 4 is 6.40 Å². The van der Waals surface area contributed by atoms with E-state index in [1.165, 1.54) is 56.2 Å². The minimum Gasteiger partial charge on any atom is -0.486 e. The van der Waals surface area contributed by atoms with E-state index < -0.39 is 0 Å². The van der Waals surface area contributed by atoms with Gasteiger partial charge >= 0.3 is 0 Å². The van der Waals surface area contributed by atoms with E-state index in [0.29, 0.717) is 0 Å². The predicted octanol–water partition coefficient (Wildman–Crippen LogP) is 4.84. The van der Waals surface area contributed by atoms with E-state index in [9.17, 15) is 5.26 Å². The molecular formula is C21H33N3O. The van der Waals surface area contributed by atoms with Crippen molar-refractivity contribution in [3.63, 3.8) is 0 Å². The van der Waals surface area contributed by atoms with Gasteiger partial charge in [-0.3, -0.25) is 4.90 Å². The summed E-state index contributed by atoms with van der Waals surface area (Å²) in [6, 6.07) is 2.45. The normalized spacial score (nSPS) is 21.4. The molecule has 0 atom stereocenters. The van der Waals surface area contributed by atoms with Gasteiger partial charge in [-0.2, -0.15) is 5.26 Å². The number of hydrogen-bond donors (Lipinski definition) is 0. The third-order valence-electron chi connectivity index (χ3n) is 5.44. The number of nitriles is 1. The summed E-state index contributed by atoms with van der Waals surface area (Å²) in [5.41, 5.74) is 4.17. The average Bonchev–Trinajstić information content (AvgIpc) is 2.63. The fourth-order valence-electron chi connectivity index (χ4n) is 4.01. The zero-order valence-electron chi connectivity index (χ0n) is 16.2. The lowest BCUT2D eigenvalue weighted by molar-refractivity contribution is 0.208. The Kier molecular flexibility index (Phi) is 8.21. The molecule has 0 saturated heterocycles. The van der Waals surface area contributed by atoms with Gasteiger partial charge in [0.1, 0.15) is 6.07 Å². The fraction of sp³-hybridized carbons (Fsp3) is 0.714. The molecule has 0 radical (unpaired) electrons. The van der Waals surface area contributed by atoms with Gasteiger partial charge in [-0.05, 0) is 44.1 Å². The third-order valence-corrected chi connectivity index (χ3v) is 5.44. The number of allylic oxidation sites excluding steroid dienone is 1. The second-order valence-corrected chi connectivity index (χ2v) is 7.40. The molecule has 0 amide bonds. The van der Waals surface area contributed by atoms with Crippen molar-refractivity contribution in [1.29, 1.82) is 5.26 Å². The van der Waals surface area contributed by atoms with Crippen molar-refractivity contribution in [1.82, 2.24) is 4.90 Å². The maximum atomic E-state index is 9.82. The van der Waals surface area contributed by atoms with E-state index >= 15 is 0 Å². The first-order valence-corrected chi connectivity index (χ1v) is 9.79. The Morgan fingerprint density at radius 1 is 1.36 bits per heavy atom. The van der Waals surface area contributed by atoms with Crippen LogP contribution in [0, 0.1) is 17.2 Å².